The number of carbonyl (C=O) groups is 2. The third-order valence-corrected chi connectivity index (χ3v) is 2.77. The van der Waals surface area contributed by atoms with Crippen molar-refractivity contribution in [1.82, 2.24) is 16.0 Å². The second kappa shape index (κ2) is 5.87. The van der Waals surface area contributed by atoms with Crippen molar-refractivity contribution in [3.63, 3.8) is 0 Å². The fraction of sp³-hybridized carbons (Fsp3) is 0.750. The standard InChI is InChI=1S/C8H15N3O2S/c1-9-3-2-4-10-7(12)6-5-14-8(13)11-6/h6,9H,2-5H2,1H3,(H,10,12)(H,11,13)/t6-/m0/s1. The predicted octanol–water partition coefficient (Wildman–Crippen LogP) is -0.463. The van der Waals surface area contributed by atoms with Gasteiger partial charge in [-0.25, -0.2) is 0 Å². The molecule has 0 saturated carbocycles. The highest BCUT2D eigenvalue weighted by atomic mass is 32.2. The maximum atomic E-state index is 11.4. The van der Waals surface area contributed by atoms with Crippen LogP contribution in [0.4, 0.5) is 4.79 Å². The number of nitrogens with one attached hydrogen (secondary N) is 3. The first-order chi connectivity index (χ1) is 6.74. The maximum absolute atomic E-state index is 11.4. The summed E-state index contributed by atoms with van der Waals surface area (Å²) in [6.07, 6.45) is 0.899. The van der Waals surface area contributed by atoms with Crippen LogP contribution in [-0.2, 0) is 4.79 Å². The first-order valence-electron chi connectivity index (χ1n) is 4.59. The number of thioether (sulfide) groups is 1. The third kappa shape index (κ3) is 3.55. The van der Waals surface area contributed by atoms with Crippen LogP contribution >= 0.6 is 11.8 Å². The third-order valence-electron chi connectivity index (χ3n) is 1.89. The van der Waals surface area contributed by atoms with E-state index in [-0.39, 0.29) is 17.2 Å². The Labute approximate surface area is 87.4 Å². The molecule has 80 valence electrons. The van der Waals surface area contributed by atoms with Crippen molar-refractivity contribution in [2.45, 2.75) is 12.5 Å². The maximum Gasteiger partial charge on any atom is 0.279 e. The van der Waals surface area contributed by atoms with Gasteiger partial charge in [0, 0.05) is 12.3 Å². The minimum Gasteiger partial charge on any atom is -0.354 e. The molecule has 0 unspecified atom stereocenters. The SMILES string of the molecule is CNCCCNC(=O)[C@@H]1CSC(=O)N1. The summed E-state index contributed by atoms with van der Waals surface area (Å²) < 4.78 is 0. The van der Waals surface area contributed by atoms with Gasteiger partial charge in [0.15, 0.2) is 0 Å². The summed E-state index contributed by atoms with van der Waals surface area (Å²) in [6.45, 7) is 1.53. The summed E-state index contributed by atoms with van der Waals surface area (Å²) in [5, 5.41) is 8.25. The molecule has 0 spiro atoms. The molecule has 1 heterocycles. The first kappa shape index (κ1) is 11.3. The average molecular weight is 217 g/mol. The van der Waals surface area contributed by atoms with E-state index < -0.39 is 0 Å². The molecule has 0 bridgehead atoms. The van der Waals surface area contributed by atoms with E-state index in [1.807, 2.05) is 7.05 Å². The lowest BCUT2D eigenvalue weighted by molar-refractivity contribution is -0.122. The number of hydrogen-bond acceptors (Lipinski definition) is 4. The van der Waals surface area contributed by atoms with Gasteiger partial charge < -0.3 is 16.0 Å². The summed E-state index contributed by atoms with van der Waals surface area (Å²) in [5.41, 5.74) is 0. The Morgan fingerprint density at radius 1 is 1.64 bits per heavy atom. The molecule has 3 N–H and O–H groups in total. The second-order valence-electron chi connectivity index (χ2n) is 3.04. The van der Waals surface area contributed by atoms with Crippen LogP contribution in [0.5, 0.6) is 0 Å². The molecular weight excluding hydrogens is 202 g/mol. The molecule has 0 aromatic rings. The second-order valence-corrected chi connectivity index (χ2v) is 4.04. The van der Waals surface area contributed by atoms with Gasteiger partial charge in [0.2, 0.25) is 5.91 Å². The van der Waals surface area contributed by atoms with Crippen LogP contribution < -0.4 is 16.0 Å². The van der Waals surface area contributed by atoms with Gasteiger partial charge in [-0.05, 0) is 20.0 Å². The summed E-state index contributed by atoms with van der Waals surface area (Å²) >= 11 is 1.15. The monoisotopic (exact) mass is 217 g/mol. The Morgan fingerprint density at radius 3 is 3.00 bits per heavy atom. The van der Waals surface area contributed by atoms with Gasteiger partial charge in [0.1, 0.15) is 6.04 Å². The van der Waals surface area contributed by atoms with E-state index in [9.17, 15) is 9.59 Å². The molecule has 1 fully saturated rings. The Kier molecular flexibility index (Phi) is 4.75. The van der Waals surface area contributed by atoms with E-state index in [2.05, 4.69) is 16.0 Å². The summed E-state index contributed by atoms with van der Waals surface area (Å²) in [5.74, 6) is 0.455. The van der Waals surface area contributed by atoms with Gasteiger partial charge >= 0.3 is 0 Å². The predicted molar refractivity (Wildman–Crippen MR) is 56.3 cm³/mol. The van der Waals surface area contributed by atoms with Crippen molar-refractivity contribution >= 4 is 22.9 Å². The Balaban J connectivity index is 2.12. The molecule has 2 amide bonds. The molecule has 0 aliphatic carbocycles. The highest BCUT2D eigenvalue weighted by Crippen LogP contribution is 2.12. The molecule has 6 heteroatoms. The minimum atomic E-state index is -0.345. The van der Waals surface area contributed by atoms with Gasteiger partial charge in [-0.1, -0.05) is 11.8 Å². The van der Waals surface area contributed by atoms with Crippen molar-refractivity contribution in [3.05, 3.63) is 0 Å². The first-order valence-corrected chi connectivity index (χ1v) is 5.58. The number of rotatable bonds is 5. The highest BCUT2D eigenvalue weighted by molar-refractivity contribution is 8.14. The van der Waals surface area contributed by atoms with Gasteiger partial charge in [-0.3, -0.25) is 9.59 Å². The van der Waals surface area contributed by atoms with Crippen LogP contribution in [0.25, 0.3) is 0 Å². The Bertz CT molecular complexity index is 223. The lowest BCUT2D eigenvalue weighted by Gasteiger charge is -2.09. The molecule has 1 rings (SSSR count). The molecule has 1 aliphatic heterocycles. The molecule has 1 atom stereocenters. The van der Waals surface area contributed by atoms with E-state index in [1.165, 1.54) is 0 Å². The largest absolute Gasteiger partial charge is 0.354 e. The van der Waals surface area contributed by atoms with Crippen LogP contribution in [-0.4, -0.2) is 43.1 Å². The van der Waals surface area contributed by atoms with Gasteiger partial charge in [0.25, 0.3) is 5.24 Å². The van der Waals surface area contributed by atoms with Gasteiger partial charge in [-0.2, -0.15) is 0 Å². The zero-order valence-electron chi connectivity index (χ0n) is 8.13. The lowest BCUT2D eigenvalue weighted by atomic mass is 10.3. The van der Waals surface area contributed by atoms with E-state index >= 15 is 0 Å². The van der Waals surface area contributed by atoms with Crippen LogP contribution in [0.1, 0.15) is 6.42 Å². The molecular formula is C8H15N3O2S. The number of carbonyl (C=O) groups excluding carboxylic acids is 2. The van der Waals surface area contributed by atoms with Crippen molar-refractivity contribution in [3.8, 4) is 0 Å². The quantitative estimate of drug-likeness (QED) is 0.545. The van der Waals surface area contributed by atoms with E-state index in [0.717, 1.165) is 24.7 Å². The molecule has 0 aromatic carbocycles. The summed E-state index contributed by atoms with van der Waals surface area (Å²) in [4.78, 5) is 22.2. The van der Waals surface area contributed by atoms with Crippen LogP contribution in [0, 0.1) is 0 Å². The molecule has 0 radical (unpaired) electrons. The topological polar surface area (TPSA) is 70.2 Å². The average Bonchev–Trinajstić information content (AvgIpc) is 2.59. The van der Waals surface area contributed by atoms with Crippen molar-refractivity contribution in [1.29, 1.82) is 0 Å². The zero-order chi connectivity index (χ0) is 10.4. The van der Waals surface area contributed by atoms with E-state index in [1.54, 1.807) is 0 Å². The summed E-state index contributed by atoms with van der Waals surface area (Å²) in [6, 6.07) is -0.345. The van der Waals surface area contributed by atoms with E-state index in [0.29, 0.717) is 12.3 Å². The zero-order valence-corrected chi connectivity index (χ0v) is 8.95. The molecule has 14 heavy (non-hydrogen) atoms. The van der Waals surface area contributed by atoms with Crippen molar-refractivity contribution in [2.24, 2.45) is 0 Å². The number of hydrogen-bond donors (Lipinski definition) is 3. The molecule has 0 aromatic heterocycles. The van der Waals surface area contributed by atoms with Crippen molar-refractivity contribution in [2.75, 3.05) is 25.9 Å². The van der Waals surface area contributed by atoms with Gasteiger partial charge in [0.05, 0.1) is 0 Å². The fourth-order valence-corrected chi connectivity index (χ4v) is 1.90. The van der Waals surface area contributed by atoms with Crippen LogP contribution in [0.2, 0.25) is 0 Å². The van der Waals surface area contributed by atoms with Crippen LogP contribution in [0.3, 0.4) is 0 Å². The molecule has 1 aliphatic rings. The van der Waals surface area contributed by atoms with Crippen molar-refractivity contribution < 1.29 is 9.59 Å². The molecule has 1 saturated heterocycles. The smallest absolute Gasteiger partial charge is 0.279 e. The highest BCUT2D eigenvalue weighted by Gasteiger charge is 2.27. The van der Waals surface area contributed by atoms with Crippen LogP contribution in [0.15, 0.2) is 0 Å². The normalized spacial score (nSPS) is 20.6. The lowest BCUT2D eigenvalue weighted by Crippen LogP contribution is -2.43. The van der Waals surface area contributed by atoms with Gasteiger partial charge in [-0.15, -0.1) is 0 Å². The Morgan fingerprint density at radius 2 is 2.43 bits per heavy atom. The molecule has 5 nitrogen and oxygen atoms in total. The Hall–Kier alpha value is -0.750. The minimum absolute atomic E-state index is 0.0838. The number of amides is 2. The fourth-order valence-electron chi connectivity index (χ4n) is 1.13. The van der Waals surface area contributed by atoms with E-state index in [4.69, 9.17) is 0 Å². The summed E-state index contributed by atoms with van der Waals surface area (Å²) in [7, 11) is 1.87.